The first-order valence-corrected chi connectivity index (χ1v) is 12.1. The summed E-state index contributed by atoms with van der Waals surface area (Å²) in [5.74, 6) is 0.253. The van der Waals surface area contributed by atoms with Crippen LogP contribution >= 0.6 is 0 Å². The minimum absolute atomic E-state index is 0.131. The summed E-state index contributed by atoms with van der Waals surface area (Å²) in [6.07, 6.45) is 5.37. The van der Waals surface area contributed by atoms with E-state index in [4.69, 9.17) is 4.74 Å². The second kappa shape index (κ2) is 6.34. The zero-order valence-corrected chi connectivity index (χ0v) is 19.0. The molecule has 1 saturated heterocycles. The van der Waals surface area contributed by atoms with Gasteiger partial charge in [-0.15, -0.1) is 0 Å². The fraction of sp³-hybridized carbons (Fsp3) is 0.667. The lowest BCUT2D eigenvalue weighted by Crippen LogP contribution is -2.73. The van der Waals surface area contributed by atoms with Crippen molar-refractivity contribution in [2.45, 2.75) is 69.2 Å². The maximum atomic E-state index is 13.9. The fourth-order valence-electron chi connectivity index (χ4n) is 5.32. The Morgan fingerprint density at radius 2 is 1.90 bits per heavy atom. The van der Waals surface area contributed by atoms with Gasteiger partial charge in [0.25, 0.3) is 0 Å². The number of carbonyl (C=O) groups excluding carboxylic acids is 3. The molecule has 2 atom stereocenters. The number of amides is 3. The monoisotopic (exact) mass is 446 g/mol. The average molecular weight is 447 g/mol. The lowest BCUT2D eigenvalue weighted by atomic mass is 9.48. The van der Waals surface area contributed by atoms with Gasteiger partial charge >= 0.3 is 6.09 Å². The number of rotatable bonds is 2. The van der Waals surface area contributed by atoms with Crippen LogP contribution in [-0.4, -0.2) is 60.9 Å². The fourth-order valence-corrected chi connectivity index (χ4v) is 5.74. The Kier molecular flexibility index (Phi) is 4.20. The van der Waals surface area contributed by atoms with E-state index in [1.165, 1.54) is 6.26 Å². The van der Waals surface area contributed by atoms with Crippen LogP contribution in [0, 0.1) is 11.3 Å². The van der Waals surface area contributed by atoms with Gasteiger partial charge in [-0.05, 0) is 52.4 Å². The normalized spacial score (nSPS) is 32.5. The second-order valence-corrected chi connectivity index (χ2v) is 11.5. The van der Waals surface area contributed by atoms with Gasteiger partial charge in [-0.2, -0.15) is 0 Å². The SMILES string of the molecule is CS(=O)c1ncc2c(n1)N(C13CC(C1)C3)C(=O)[C@@]1(CCN(C(=O)OC(C)(C)C)C1=O)C2. The highest BCUT2D eigenvalue weighted by atomic mass is 32.2. The van der Waals surface area contributed by atoms with Gasteiger partial charge in [0, 0.05) is 31.0 Å². The van der Waals surface area contributed by atoms with Crippen molar-refractivity contribution in [1.29, 1.82) is 0 Å². The van der Waals surface area contributed by atoms with Crippen LogP contribution in [0.25, 0.3) is 0 Å². The van der Waals surface area contributed by atoms with E-state index >= 15 is 0 Å². The van der Waals surface area contributed by atoms with Gasteiger partial charge in [-0.1, -0.05) is 0 Å². The molecule has 0 radical (unpaired) electrons. The molecule has 10 heteroatoms. The first-order chi connectivity index (χ1) is 14.5. The summed E-state index contributed by atoms with van der Waals surface area (Å²) in [6, 6.07) is 0. The molecule has 1 unspecified atom stereocenters. The van der Waals surface area contributed by atoms with E-state index in [9.17, 15) is 18.6 Å². The van der Waals surface area contributed by atoms with E-state index in [1.807, 2.05) is 0 Å². The summed E-state index contributed by atoms with van der Waals surface area (Å²) in [5.41, 5.74) is -1.74. The molecule has 1 aromatic rings. The van der Waals surface area contributed by atoms with Crippen molar-refractivity contribution in [1.82, 2.24) is 14.9 Å². The first kappa shape index (κ1) is 20.5. The number of carbonyl (C=O) groups is 3. The molecule has 3 aliphatic carbocycles. The minimum Gasteiger partial charge on any atom is -0.443 e. The molecule has 5 aliphatic rings. The highest BCUT2D eigenvalue weighted by Gasteiger charge is 2.68. The Morgan fingerprint density at radius 3 is 2.45 bits per heavy atom. The third kappa shape index (κ3) is 2.86. The summed E-state index contributed by atoms with van der Waals surface area (Å²) in [5, 5.41) is 0.173. The van der Waals surface area contributed by atoms with Crippen molar-refractivity contribution >= 4 is 34.5 Å². The first-order valence-electron chi connectivity index (χ1n) is 10.5. The number of aromatic nitrogens is 2. The number of likely N-dealkylation sites (tertiary alicyclic amines) is 1. The Bertz CT molecular complexity index is 1030. The molecule has 166 valence electrons. The predicted molar refractivity (Wildman–Crippen MR) is 111 cm³/mol. The summed E-state index contributed by atoms with van der Waals surface area (Å²) in [6.45, 7) is 5.34. The Labute approximate surface area is 183 Å². The molecule has 1 aromatic heterocycles. The van der Waals surface area contributed by atoms with Crippen molar-refractivity contribution in [3.05, 3.63) is 11.8 Å². The Balaban J connectivity index is 1.54. The van der Waals surface area contributed by atoms with E-state index < -0.39 is 33.8 Å². The lowest BCUT2D eigenvalue weighted by Gasteiger charge is -2.67. The maximum Gasteiger partial charge on any atom is 0.417 e. The third-order valence-electron chi connectivity index (χ3n) is 6.90. The van der Waals surface area contributed by atoms with Crippen molar-refractivity contribution in [3.63, 3.8) is 0 Å². The smallest absolute Gasteiger partial charge is 0.417 e. The highest BCUT2D eigenvalue weighted by molar-refractivity contribution is 7.84. The van der Waals surface area contributed by atoms with Crippen LogP contribution in [0.3, 0.4) is 0 Å². The molecule has 4 fully saturated rings. The molecule has 3 saturated carbocycles. The highest BCUT2D eigenvalue weighted by Crippen LogP contribution is 2.63. The second-order valence-electron chi connectivity index (χ2n) is 10.2. The Morgan fingerprint density at radius 1 is 1.23 bits per heavy atom. The zero-order valence-electron chi connectivity index (χ0n) is 18.1. The minimum atomic E-state index is -1.39. The summed E-state index contributed by atoms with van der Waals surface area (Å²) < 4.78 is 17.4. The molecule has 0 N–H and O–H groups in total. The molecular weight excluding hydrogens is 420 g/mol. The topological polar surface area (TPSA) is 110 Å². The van der Waals surface area contributed by atoms with Crippen LogP contribution in [0.5, 0.6) is 0 Å². The molecule has 2 bridgehead atoms. The van der Waals surface area contributed by atoms with Crippen LogP contribution in [0.4, 0.5) is 10.6 Å². The van der Waals surface area contributed by atoms with Crippen LogP contribution in [0.15, 0.2) is 11.4 Å². The van der Waals surface area contributed by atoms with Gasteiger partial charge in [0.15, 0.2) is 0 Å². The molecule has 31 heavy (non-hydrogen) atoms. The number of nitrogens with zero attached hydrogens (tertiary/aromatic N) is 4. The number of fused-ring (bicyclic) bond motifs is 1. The summed E-state index contributed by atoms with van der Waals surface area (Å²) in [7, 11) is -1.39. The van der Waals surface area contributed by atoms with Gasteiger partial charge in [0.05, 0.1) is 16.3 Å². The van der Waals surface area contributed by atoms with E-state index in [2.05, 4.69) is 9.97 Å². The summed E-state index contributed by atoms with van der Waals surface area (Å²) in [4.78, 5) is 51.4. The largest absolute Gasteiger partial charge is 0.443 e. The Hall–Kier alpha value is -2.36. The van der Waals surface area contributed by atoms with Crippen LogP contribution in [0.2, 0.25) is 0 Å². The number of anilines is 1. The number of imide groups is 1. The zero-order chi connectivity index (χ0) is 22.3. The van der Waals surface area contributed by atoms with E-state index in [0.29, 0.717) is 17.3 Å². The average Bonchev–Trinajstić information content (AvgIpc) is 2.91. The molecular formula is C21H26N4O5S. The van der Waals surface area contributed by atoms with Crippen LogP contribution < -0.4 is 4.90 Å². The van der Waals surface area contributed by atoms with Gasteiger partial charge in [-0.25, -0.2) is 19.7 Å². The van der Waals surface area contributed by atoms with Crippen LogP contribution in [-0.2, 0) is 31.5 Å². The lowest BCUT2D eigenvalue weighted by molar-refractivity contribution is -0.147. The maximum absolute atomic E-state index is 13.9. The van der Waals surface area contributed by atoms with E-state index in [0.717, 1.165) is 24.2 Å². The van der Waals surface area contributed by atoms with Gasteiger partial charge < -0.3 is 4.74 Å². The number of ether oxygens (including phenoxy) is 1. The van der Waals surface area contributed by atoms with Gasteiger partial charge in [-0.3, -0.25) is 18.7 Å². The standard InChI is InChI=1S/C21H26N4O5S/c1-19(2,3)30-18(28)24-6-5-21(15(24)26)10-13-11-22-17(31(4)29)23-14(13)25(16(21)27)20-7-12(8-20)9-20/h11-12H,5-10H2,1-4H3/t12?,20?,21-,31?/m0/s1. The van der Waals surface area contributed by atoms with E-state index in [1.54, 1.807) is 31.9 Å². The van der Waals surface area contributed by atoms with Crippen molar-refractivity contribution in [3.8, 4) is 0 Å². The molecule has 9 nitrogen and oxygen atoms in total. The predicted octanol–water partition coefficient (Wildman–Crippen LogP) is 1.81. The molecule has 6 rings (SSSR count). The number of hydrogen-bond donors (Lipinski definition) is 0. The molecule has 3 amide bonds. The van der Waals surface area contributed by atoms with Crippen LogP contribution in [0.1, 0.15) is 52.0 Å². The molecule has 1 spiro atoms. The summed E-state index contributed by atoms with van der Waals surface area (Å²) >= 11 is 0. The quantitative estimate of drug-likeness (QED) is 0.503. The molecule has 0 aromatic carbocycles. The van der Waals surface area contributed by atoms with Crippen molar-refractivity contribution in [2.75, 3.05) is 17.7 Å². The van der Waals surface area contributed by atoms with Crippen molar-refractivity contribution in [2.24, 2.45) is 11.3 Å². The molecule has 3 heterocycles. The van der Waals surface area contributed by atoms with E-state index in [-0.39, 0.29) is 36.0 Å². The third-order valence-corrected chi connectivity index (χ3v) is 7.61. The van der Waals surface area contributed by atoms with Gasteiger partial charge in [0.2, 0.25) is 17.0 Å². The molecule has 2 aliphatic heterocycles. The van der Waals surface area contributed by atoms with Crippen molar-refractivity contribution < 1.29 is 23.3 Å². The number of hydrogen-bond acceptors (Lipinski definition) is 7. The van der Waals surface area contributed by atoms with Gasteiger partial charge in [0.1, 0.15) is 16.8 Å².